The Labute approximate surface area is 127 Å². The fourth-order valence-electron chi connectivity index (χ4n) is 2.04. The van der Waals surface area contributed by atoms with Crippen LogP contribution in [-0.4, -0.2) is 7.11 Å². The highest BCUT2D eigenvalue weighted by molar-refractivity contribution is 9.10. The minimum Gasteiger partial charge on any atom is -0.497 e. The van der Waals surface area contributed by atoms with Gasteiger partial charge in [0.15, 0.2) is 0 Å². The standard InChI is InChI=1S/C16H18BrNO2/c1-10-4-15(5-11(2)16(10)17)20-9-12-6-13(18)8-14(7-12)19-3/h4-8H,9,18H2,1-3H3. The molecule has 0 spiro atoms. The van der Waals surface area contributed by atoms with Crippen LogP contribution >= 0.6 is 15.9 Å². The molecule has 0 aliphatic rings. The summed E-state index contributed by atoms with van der Waals surface area (Å²) in [7, 11) is 1.63. The van der Waals surface area contributed by atoms with Crippen LogP contribution in [0.1, 0.15) is 16.7 Å². The summed E-state index contributed by atoms with van der Waals surface area (Å²) < 4.78 is 12.2. The van der Waals surface area contributed by atoms with Gasteiger partial charge in [-0.1, -0.05) is 15.9 Å². The van der Waals surface area contributed by atoms with Crippen LogP contribution in [0, 0.1) is 13.8 Å². The molecular formula is C16H18BrNO2. The third kappa shape index (κ3) is 3.45. The zero-order chi connectivity index (χ0) is 14.7. The molecule has 0 aromatic heterocycles. The molecule has 0 fully saturated rings. The third-order valence-corrected chi connectivity index (χ3v) is 4.29. The Balaban J connectivity index is 2.14. The zero-order valence-electron chi connectivity index (χ0n) is 11.9. The van der Waals surface area contributed by atoms with Crippen molar-refractivity contribution in [3.8, 4) is 11.5 Å². The highest BCUT2D eigenvalue weighted by Gasteiger charge is 2.05. The van der Waals surface area contributed by atoms with E-state index in [9.17, 15) is 0 Å². The molecule has 106 valence electrons. The molecule has 2 N–H and O–H groups in total. The first-order valence-corrected chi connectivity index (χ1v) is 7.12. The molecule has 0 radical (unpaired) electrons. The molecular weight excluding hydrogens is 318 g/mol. The van der Waals surface area contributed by atoms with Crippen LogP contribution in [-0.2, 0) is 6.61 Å². The Bertz CT molecular complexity index is 603. The lowest BCUT2D eigenvalue weighted by atomic mass is 10.1. The maximum atomic E-state index is 5.83. The molecule has 0 saturated heterocycles. The van der Waals surface area contributed by atoms with Crippen molar-refractivity contribution < 1.29 is 9.47 Å². The fraction of sp³-hybridized carbons (Fsp3) is 0.250. The second kappa shape index (κ2) is 6.18. The Morgan fingerprint density at radius 1 is 1.00 bits per heavy atom. The van der Waals surface area contributed by atoms with Crippen LogP contribution in [0.4, 0.5) is 5.69 Å². The van der Waals surface area contributed by atoms with E-state index in [-0.39, 0.29) is 0 Å². The average Bonchev–Trinajstić information content (AvgIpc) is 2.41. The van der Waals surface area contributed by atoms with Gasteiger partial charge in [-0.05, 0) is 54.8 Å². The van der Waals surface area contributed by atoms with Gasteiger partial charge in [-0.2, -0.15) is 0 Å². The lowest BCUT2D eigenvalue weighted by Gasteiger charge is -2.11. The summed E-state index contributed by atoms with van der Waals surface area (Å²) in [5, 5.41) is 0. The van der Waals surface area contributed by atoms with Crippen LogP contribution in [0.25, 0.3) is 0 Å². The summed E-state index contributed by atoms with van der Waals surface area (Å²) in [6, 6.07) is 9.63. The Morgan fingerprint density at radius 2 is 1.65 bits per heavy atom. The van der Waals surface area contributed by atoms with Crippen molar-refractivity contribution >= 4 is 21.6 Å². The smallest absolute Gasteiger partial charge is 0.121 e. The molecule has 0 saturated carbocycles. The molecule has 0 atom stereocenters. The Hall–Kier alpha value is -1.68. The van der Waals surface area contributed by atoms with E-state index in [0.29, 0.717) is 12.3 Å². The number of ether oxygens (including phenoxy) is 2. The van der Waals surface area contributed by atoms with Gasteiger partial charge >= 0.3 is 0 Å². The largest absolute Gasteiger partial charge is 0.497 e. The number of hydrogen-bond acceptors (Lipinski definition) is 3. The lowest BCUT2D eigenvalue weighted by Crippen LogP contribution is -1.99. The average molecular weight is 336 g/mol. The SMILES string of the molecule is COc1cc(N)cc(COc2cc(C)c(Br)c(C)c2)c1. The first-order chi connectivity index (χ1) is 9.49. The molecule has 3 nitrogen and oxygen atoms in total. The van der Waals surface area contributed by atoms with Crippen LogP contribution in [0.5, 0.6) is 11.5 Å². The van der Waals surface area contributed by atoms with E-state index in [0.717, 1.165) is 32.7 Å². The van der Waals surface area contributed by atoms with Gasteiger partial charge in [0, 0.05) is 16.2 Å². The number of hydrogen-bond donors (Lipinski definition) is 1. The van der Waals surface area contributed by atoms with E-state index in [1.165, 1.54) is 0 Å². The number of benzene rings is 2. The number of nitrogens with two attached hydrogens (primary N) is 1. The third-order valence-electron chi connectivity index (χ3n) is 3.04. The van der Waals surface area contributed by atoms with E-state index in [1.54, 1.807) is 13.2 Å². The topological polar surface area (TPSA) is 44.5 Å². The zero-order valence-corrected chi connectivity index (χ0v) is 13.5. The van der Waals surface area contributed by atoms with Crippen LogP contribution < -0.4 is 15.2 Å². The maximum Gasteiger partial charge on any atom is 0.121 e. The number of halogens is 1. The van der Waals surface area contributed by atoms with E-state index >= 15 is 0 Å². The van der Waals surface area contributed by atoms with Gasteiger partial charge in [0.25, 0.3) is 0 Å². The summed E-state index contributed by atoms with van der Waals surface area (Å²) >= 11 is 3.55. The highest BCUT2D eigenvalue weighted by Crippen LogP contribution is 2.27. The Morgan fingerprint density at radius 3 is 2.25 bits per heavy atom. The molecule has 0 unspecified atom stereocenters. The second-order valence-corrected chi connectivity index (χ2v) is 5.57. The van der Waals surface area contributed by atoms with E-state index in [4.69, 9.17) is 15.2 Å². The number of methoxy groups -OCH3 is 1. The van der Waals surface area contributed by atoms with Crippen molar-refractivity contribution in [2.45, 2.75) is 20.5 Å². The van der Waals surface area contributed by atoms with Gasteiger partial charge < -0.3 is 15.2 Å². The summed E-state index contributed by atoms with van der Waals surface area (Å²) in [5.41, 5.74) is 9.80. The van der Waals surface area contributed by atoms with E-state index < -0.39 is 0 Å². The molecule has 0 amide bonds. The predicted molar refractivity (Wildman–Crippen MR) is 85.4 cm³/mol. The van der Waals surface area contributed by atoms with Crippen molar-refractivity contribution in [2.24, 2.45) is 0 Å². The first-order valence-electron chi connectivity index (χ1n) is 6.32. The summed E-state index contributed by atoms with van der Waals surface area (Å²) in [6.45, 7) is 4.56. The molecule has 2 rings (SSSR count). The first kappa shape index (κ1) is 14.7. The number of anilines is 1. The molecule has 0 heterocycles. The molecule has 4 heteroatoms. The van der Waals surface area contributed by atoms with Gasteiger partial charge in [0.1, 0.15) is 18.1 Å². The van der Waals surface area contributed by atoms with Gasteiger partial charge in [0.2, 0.25) is 0 Å². The van der Waals surface area contributed by atoms with Gasteiger partial charge in [-0.15, -0.1) is 0 Å². The van der Waals surface area contributed by atoms with Gasteiger partial charge in [-0.3, -0.25) is 0 Å². The molecule has 2 aromatic carbocycles. The number of nitrogen functional groups attached to an aromatic ring is 1. The predicted octanol–water partition coefficient (Wildman–Crippen LogP) is 4.24. The van der Waals surface area contributed by atoms with Crippen LogP contribution in [0.15, 0.2) is 34.8 Å². The summed E-state index contributed by atoms with van der Waals surface area (Å²) in [4.78, 5) is 0. The molecule has 2 aromatic rings. The molecule has 20 heavy (non-hydrogen) atoms. The summed E-state index contributed by atoms with van der Waals surface area (Å²) in [5.74, 6) is 1.59. The quantitative estimate of drug-likeness (QED) is 0.850. The Kier molecular flexibility index (Phi) is 4.55. The van der Waals surface area contributed by atoms with Gasteiger partial charge in [0.05, 0.1) is 7.11 Å². The molecule has 0 bridgehead atoms. The minimum atomic E-state index is 0.460. The fourth-order valence-corrected chi connectivity index (χ4v) is 2.27. The highest BCUT2D eigenvalue weighted by atomic mass is 79.9. The monoisotopic (exact) mass is 335 g/mol. The van der Waals surface area contributed by atoms with Crippen LogP contribution in [0.2, 0.25) is 0 Å². The minimum absolute atomic E-state index is 0.460. The van der Waals surface area contributed by atoms with Crippen molar-refractivity contribution in [3.63, 3.8) is 0 Å². The van der Waals surface area contributed by atoms with Crippen molar-refractivity contribution in [2.75, 3.05) is 12.8 Å². The van der Waals surface area contributed by atoms with Gasteiger partial charge in [-0.25, -0.2) is 0 Å². The normalized spacial score (nSPS) is 10.4. The summed E-state index contributed by atoms with van der Waals surface area (Å²) in [6.07, 6.45) is 0. The molecule has 0 aliphatic carbocycles. The molecule has 0 aliphatic heterocycles. The van der Waals surface area contributed by atoms with Crippen molar-refractivity contribution in [3.05, 3.63) is 51.5 Å². The maximum absolute atomic E-state index is 5.83. The number of aryl methyl sites for hydroxylation is 2. The van der Waals surface area contributed by atoms with Crippen molar-refractivity contribution in [1.82, 2.24) is 0 Å². The van der Waals surface area contributed by atoms with E-state index in [2.05, 4.69) is 15.9 Å². The number of rotatable bonds is 4. The van der Waals surface area contributed by atoms with E-state index in [1.807, 2.05) is 38.1 Å². The van der Waals surface area contributed by atoms with Crippen molar-refractivity contribution in [1.29, 1.82) is 0 Å². The van der Waals surface area contributed by atoms with Crippen LogP contribution in [0.3, 0.4) is 0 Å². The lowest BCUT2D eigenvalue weighted by molar-refractivity contribution is 0.305. The second-order valence-electron chi connectivity index (χ2n) is 4.77.